The van der Waals surface area contributed by atoms with Crippen molar-refractivity contribution < 1.29 is 27.7 Å². The predicted octanol–water partition coefficient (Wildman–Crippen LogP) is 3.84. The Morgan fingerprint density at radius 1 is 0.919 bits per heavy atom. The molecule has 4 N–H and O–H groups in total. The van der Waals surface area contributed by atoms with E-state index in [4.69, 9.17) is 14.2 Å². The lowest BCUT2D eigenvalue weighted by atomic mass is 10.1. The molecule has 4 aromatic rings. The van der Waals surface area contributed by atoms with Gasteiger partial charge in [-0.05, 0) is 42.0 Å². The number of aliphatic hydroxyl groups is 1. The summed E-state index contributed by atoms with van der Waals surface area (Å²) in [6.07, 6.45) is 0.307. The van der Waals surface area contributed by atoms with Gasteiger partial charge >= 0.3 is 0 Å². The van der Waals surface area contributed by atoms with Crippen molar-refractivity contribution in [3.05, 3.63) is 66.2 Å². The van der Waals surface area contributed by atoms with Crippen molar-refractivity contribution >= 4 is 49.9 Å². The van der Waals surface area contributed by atoms with Gasteiger partial charge in [-0.25, -0.2) is 8.42 Å². The molecule has 1 heterocycles. The topological polar surface area (TPSA) is 122 Å². The van der Waals surface area contributed by atoms with E-state index in [9.17, 15) is 13.5 Å². The third kappa shape index (κ3) is 7.98. The van der Waals surface area contributed by atoms with Crippen LogP contribution in [0.1, 0.15) is 11.7 Å². The number of methoxy groups -OCH3 is 1. The number of anilines is 1. The number of aliphatic hydroxyl groups excluding tert-OH is 1. The zero-order valence-electron chi connectivity index (χ0n) is 20.7. The fraction of sp³-hybridized carbons (Fsp3) is 0.308. The van der Waals surface area contributed by atoms with Crippen molar-refractivity contribution in [2.24, 2.45) is 0 Å². The molecule has 11 heteroatoms. The van der Waals surface area contributed by atoms with E-state index in [1.54, 1.807) is 31.4 Å². The van der Waals surface area contributed by atoms with Gasteiger partial charge in [0, 0.05) is 48.8 Å². The number of benzene rings is 3. The maximum absolute atomic E-state index is 11.4. The van der Waals surface area contributed by atoms with Gasteiger partial charge in [-0.1, -0.05) is 12.1 Å². The molecule has 4 rings (SSSR count). The first kappa shape index (κ1) is 28.5. The van der Waals surface area contributed by atoms with Crippen LogP contribution in [0, 0.1) is 0 Å². The molecule has 200 valence electrons. The Morgan fingerprint density at radius 2 is 1.57 bits per heavy atom. The van der Waals surface area contributed by atoms with E-state index >= 15 is 0 Å². The lowest BCUT2D eigenvalue weighted by Crippen LogP contribution is -2.26. The van der Waals surface area contributed by atoms with Crippen LogP contribution in [-0.4, -0.2) is 64.8 Å². The van der Waals surface area contributed by atoms with Crippen molar-refractivity contribution in [1.29, 1.82) is 0 Å². The van der Waals surface area contributed by atoms with Crippen molar-refractivity contribution in [3.63, 3.8) is 0 Å². The lowest BCUT2D eigenvalue weighted by molar-refractivity contribution is 0.146. The summed E-state index contributed by atoms with van der Waals surface area (Å²) in [5.41, 5.74) is 3.00. The molecule has 0 spiro atoms. The summed E-state index contributed by atoms with van der Waals surface area (Å²) in [5.74, 6) is 1.53. The van der Waals surface area contributed by atoms with Crippen LogP contribution in [0.2, 0.25) is 0 Å². The highest BCUT2D eigenvalue weighted by Crippen LogP contribution is 2.30. The van der Waals surface area contributed by atoms with E-state index in [1.165, 1.54) is 0 Å². The van der Waals surface area contributed by atoms with Crippen LogP contribution in [-0.2, 0) is 14.8 Å². The Morgan fingerprint density at radius 3 is 2.19 bits per heavy atom. The van der Waals surface area contributed by atoms with E-state index in [0.29, 0.717) is 44.2 Å². The number of hydrogen-bond acceptors (Lipinski definition) is 7. The maximum Gasteiger partial charge on any atom is 0.229 e. The number of rotatable bonds is 13. The molecule has 0 amide bonds. The number of halogens is 1. The molecule has 0 aliphatic heterocycles. The number of ether oxygens (including phenoxy) is 3. The standard InChI is InChI=1S/C26H31N3O6S.ClH/c1-33-12-13-35-21-7-9-23-22-8-6-20(15-24(22)28-25(23)16-21)34-11-10-27-17-26(30)18-4-3-5-19(14-18)29-36(2,31)32;/h3-9,14-16,26-30H,10-13,17H2,1-2H3;1H. The molecule has 3 aromatic carbocycles. The fourth-order valence-electron chi connectivity index (χ4n) is 3.91. The Bertz CT molecular complexity index is 1430. The first-order valence-electron chi connectivity index (χ1n) is 11.6. The molecule has 0 saturated heterocycles. The predicted molar refractivity (Wildman–Crippen MR) is 149 cm³/mol. The van der Waals surface area contributed by atoms with Gasteiger partial charge in [0.05, 0.1) is 30.0 Å². The van der Waals surface area contributed by atoms with Crippen molar-refractivity contribution in [2.75, 3.05) is 51.0 Å². The van der Waals surface area contributed by atoms with Crippen molar-refractivity contribution in [3.8, 4) is 11.5 Å². The van der Waals surface area contributed by atoms with Crippen LogP contribution in [0.5, 0.6) is 11.5 Å². The Hall–Kier alpha value is -3.02. The zero-order chi connectivity index (χ0) is 25.5. The quantitative estimate of drug-likeness (QED) is 0.187. The van der Waals surface area contributed by atoms with Crippen LogP contribution in [0.15, 0.2) is 60.7 Å². The SMILES string of the molecule is COCCOc1ccc2c(c1)[nH]c1cc(OCCNCC(O)c3cccc(NS(C)(=O)=O)c3)ccc12.Cl. The van der Waals surface area contributed by atoms with Gasteiger partial charge < -0.3 is 29.6 Å². The van der Waals surface area contributed by atoms with E-state index in [2.05, 4.69) is 15.0 Å². The molecule has 0 aliphatic rings. The summed E-state index contributed by atoms with van der Waals surface area (Å²) in [5, 5.41) is 15.8. The van der Waals surface area contributed by atoms with Crippen LogP contribution < -0.4 is 19.5 Å². The molecule has 0 aliphatic carbocycles. The number of sulfonamides is 1. The normalized spacial score (nSPS) is 12.3. The third-order valence-corrected chi connectivity index (χ3v) is 6.16. The first-order chi connectivity index (χ1) is 17.3. The second-order valence-corrected chi connectivity index (χ2v) is 10.2. The van der Waals surface area contributed by atoms with E-state index in [1.807, 2.05) is 36.4 Å². The smallest absolute Gasteiger partial charge is 0.229 e. The number of hydrogen-bond donors (Lipinski definition) is 4. The summed E-state index contributed by atoms with van der Waals surface area (Å²) in [6, 6.07) is 18.6. The molecular formula is C26H32ClN3O6S. The van der Waals surface area contributed by atoms with E-state index in [0.717, 1.165) is 39.6 Å². The Kier molecular flexibility index (Phi) is 10.0. The minimum absolute atomic E-state index is 0. The third-order valence-electron chi connectivity index (χ3n) is 5.56. The van der Waals surface area contributed by atoms with Crippen molar-refractivity contribution in [2.45, 2.75) is 6.10 Å². The highest BCUT2D eigenvalue weighted by molar-refractivity contribution is 7.92. The van der Waals surface area contributed by atoms with Crippen LogP contribution in [0.25, 0.3) is 21.8 Å². The zero-order valence-corrected chi connectivity index (χ0v) is 22.3. The van der Waals surface area contributed by atoms with Crippen LogP contribution >= 0.6 is 12.4 Å². The average Bonchev–Trinajstić information content (AvgIpc) is 3.20. The number of aromatic amines is 1. The van der Waals surface area contributed by atoms with Gasteiger partial charge in [0.1, 0.15) is 24.7 Å². The second kappa shape index (κ2) is 13.0. The van der Waals surface area contributed by atoms with Gasteiger partial charge in [0.2, 0.25) is 10.0 Å². The summed E-state index contributed by atoms with van der Waals surface area (Å²) < 4.78 is 41.8. The van der Waals surface area contributed by atoms with E-state index < -0.39 is 16.1 Å². The van der Waals surface area contributed by atoms with Gasteiger partial charge in [0.15, 0.2) is 0 Å². The highest BCUT2D eigenvalue weighted by atomic mass is 35.5. The second-order valence-electron chi connectivity index (χ2n) is 8.45. The number of H-pyrrole nitrogens is 1. The van der Waals surface area contributed by atoms with E-state index in [-0.39, 0.29) is 12.4 Å². The summed E-state index contributed by atoms with van der Waals surface area (Å²) >= 11 is 0. The minimum Gasteiger partial charge on any atom is -0.492 e. The molecule has 1 atom stereocenters. The lowest BCUT2D eigenvalue weighted by Gasteiger charge is -2.14. The van der Waals surface area contributed by atoms with Crippen LogP contribution in [0.3, 0.4) is 0 Å². The Balaban J connectivity index is 0.00000380. The average molecular weight is 550 g/mol. The molecule has 1 unspecified atom stereocenters. The molecule has 0 bridgehead atoms. The number of fused-ring (bicyclic) bond motifs is 3. The van der Waals surface area contributed by atoms with Crippen molar-refractivity contribution in [1.82, 2.24) is 10.3 Å². The summed E-state index contributed by atoms with van der Waals surface area (Å²) in [6.45, 7) is 2.30. The molecule has 37 heavy (non-hydrogen) atoms. The van der Waals surface area contributed by atoms with Gasteiger partial charge in [-0.2, -0.15) is 0 Å². The molecule has 9 nitrogen and oxygen atoms in total. The largest absolute Gasteiger partial charge is 0.492 e. The number of nitrogens with one attached hydrogen (secondary N) is 3. The fourth-order valence-corrected chi connectivity index (χ4v) is 4.47. The van der Waals surface area contributed by atoms with Crippen LogP contribution in [0.4, 0.5) is 5.69 Å². The highest BCUT2D eigenvalue weighted by Gasteiger charge is 2.10. The molecule has 1 aromatic heterocycles. The molecule has 0 saturated carbocycles. The number of aromatic nitrogens is 1. The van der Waals surface area contributed by atoms with Gasteiger partial charge in [-0.15, -0.1) is 12.4 Å². The molecule has 0 fully saturated rings. The summed E-state index contributed by atoms with van der Waals surface area (Å²) in [7, 11) is -1.73. The maximum atomic E-state index is 11.4. The molecular weight excluding hydrogens is 518 g/mol. The molecule has 0 radical (unpaired) electrons. The minimum atomic E-state index is -3.37. The Labute approximate surface area is 222 Å². The summed E-state index contributed by atoms with van der Waals surface area (Å²) in [4.78, 5) is 3.42. The van der Waals surface area contributed by atoms with Gasteiger partial charge in [-0.3, -0.25) is 4.72 Å². The van der Waals surface area contributed by atoms with Gasteiger partial charge in [0.25, 0.3) is 0 Å². The first-order valence-corrected chi connectivity index (χ1v) is 13.5. The monoisotopic (exact) mass is 549 g/mol.